The van der Waals surface area contributed by atoms with Gasteiger partial charge in [-0.15, -0.1) is 0 Å². The fourth-order valence-electron chi connectivity index (χ4n) is 0.836. The van der Waals surface area contributed by atoms with Gasteiger partial charge in [-0.05, 0) is 40.5 Å². The first-order valence-corrected chi connectivity index (χ1v) is 4.20. The van der Waals surface area contributed by atoms with Crippen molar-refractivity contribution in [3.05, 3.63) is 22.3 Å². The third kappa shape index (κ3) is 2.19. The summed E-state index contributed by atoms with van der Waals surface area (Å²) in [4.78, 5) is 6.26. The number of aryl methyl sites for hydroxylation is 1. The number of aromatic nitrogens is 1. The lowest BCUT2D eigenvalue weighted by molar-refractivity contribution is 1.05. The summed E-state index contributed by atoms with van der Waals surface area (Å²) in [5.41, 5.74) is 1.22. The van der Waals surface area contributed by atoms with Gasteiger partial charge in [0.1, 0.15) is 10.4 Å². The molecule has 3 heteroatoms. The van der Waals surface area contributed by atoms with Gasteiger partial charge in [-0.1, -0.05) is 0 Å². The van der Waals surface area contributed by atoms with Gasteiger partial charge in [0.25, 0.3) is 0 Å². The van der Waals surface area contributed by atoms with Gasteiger partial charge in [0, 0.05) is 14.1 Å². The highest BCUT2D eigenvalue weighted by atomic mass is 79.9. The van der Waals surface area contributed by atoms with E-state index in [2.05, 4.69) is 27.8 Å². The molecule has 0 spiro atoms. The fraction of sp³-hybridized carbons (Fsp3) is 0.375. The molecule has 0 fully saturated rings. The molecule has 0 atom stereocenters. The molecule has 0 aliphatic carbocycles. The molecule has 0 amide bonds. The van der Waals surface area contributed by atoms with Crippen molar-refractivity contribution < 1.29 is 0 Å². The minimum absolute atomic E-state index is 0.890. The zero-order valence-electron chi connectivity index (χ0n) is 6.93. The Balaban J connectivity index is 3.08. The minimum Gasteiger partial charge on any atom is -0.363 e. The molecule has 11 heavy (non-hydrogen) atoms. The van der Waals surface area contributed by atoms with Crippen LogP contribution in [0.5, 0.6) is 0 Å². The van der Waals surface area contributed by atoms with Crippen molar-refractivity contribution in [3.63, 3.8) is 0 Å². The van der Waals surface area contributed by atoms with E-state index in [9.17, 15) is 0 Å². The largest absolute Gasteiger partial charge is 0.363 e. The molecule has 1 heterocycles. The molecule has 60 valence electrons. The Morgan fingerprint density at radius 2 is 2.00 bits per heavy atom. The number of halogens is 1. The Morgan fingerprint density at radius 3 is 2.45 bits per heavy atom. The van der Waals surface area contributed by atoms with Gasteiger partial charge in [0.15, 0.2) is 0 Å². The topological polar surface area (TPSA) is 16.1 Å². The van der Waals surface area contributed by atoms with Crippen molar-refractivity contribution in [3.8, 4) is 0 Å². The van der Waals surface area contributed by atoms with E-state index in [1.807, 2.05) is 31.1 Å². The third-order valence-corrected chi connectivity index (χ3v) is 1.79. The average molecular weight is 215 g/mol. The lowest BCUT2D eigenvalue weighted by Crippen LogP contribution is -2.10. The Bertz CT molecular complexity index is 238. The molecule has 0 saturated carbocycles. The molecule has 0 bridgehead atoms. The van der Waals surface area contributed by atoms with Gasteiger partial charge < -0.3 is 4.90 Å². The molecule has 2 nitrogen and oxygen atoms in total. The van der Waals surface area contributed by atoms with E-state index in [0.29, 0.717) is 0 Å². The number of hydrogen-bond donors (Lipinski definition) is 0. The fourth-order valence-corrected chi connectivity index (χ4v) is 1.38. The highest BCUT2D eigenvalue weighted by molar-refractivity contribution is 9.10. The second kappa shape index (κ2) is 3.22. The van der Waals surface area contributed by atoms with Crippen LogP contribution in [0.15, 0.2) is 16.7 Å². The summed E-state index contributed by atoms with van der Waals surface area (Å²) in [6.45, 7) is 2.06. The summed E-state index contributed by atoms with van der Waals surface area (Å²) >= 11 is 3.34. The van der Waals surface area contributed by atoms with Crippen LogP contribution in [0.1, 0.15) is 5.56 Å². The predicted octanol–water partition coefficient (Wildman–Crippen LogP) is 2.22. The Morgan fingerprint density at radius 1 is 1.36 bits per heavy atom. The third-order valence-electron chi connectivity index (χ3n) is 1.38. The van der Waals surface area contributed by atoms with Crippen molar-refractivity contribution in [2.45, 2.75) is 6.92 Å². The lowest BCUT2D eigenvalue weighted by atomic mass is 10.3. The molecule has 0 unspecified atom stereocenters. The van der Waals surface area contributed by atoms with E-state index >= 15 is 0 Å². The lowest BCUT2D eigenvalue weighted by Gasteiger charge is -2.11. The molecule has 0 saturated heterocycles. The van der Waals surface area contributed by atoms with Crippen LogP contribution < -0.4 is 4.90 Å². The zero-order valence-corrected chi connectivity index (χ0v) is 8.51. The summed E-state index contributed by atoms with van der Waals surface area (Å²) < 4.78 is 0.890. The summed E-state index contributed by atoms with van der Waals surface area (Å²) in [5.74, 6) is 0.983. The molecule has 0 aromatic carbocycles. The van der Waals surface area contributed by atoms with E-state index in [0.717, 1.165) is 10.4 Å². The number of anilines is 1. The zero-order chi connectivity index (χ0) is 8.43. The van der Waals surface area contributed by atoms with Crippen molar-refractivity contribution >= 4 is 21.7 Å². The maximum Gasteiger partial charge on any atom is 0.129 e. The van der Waals surface area contributed by atoms with Gasteiger partial charge >= 0.3 is 0 Å². The number of rotatable bonds is 1. The molecular formula is C8H11BrN2. The molecule has 1 aromatic rings. The van der Waals surface area contributed by atoms with Crippen LogP contribution in [-0.2, 0) is 0 Å². The quantitative estimate of drug-likeness (QED) is 0.667. The molecule has 0 aliphatic heterocycles. The van der Waals surface area contributed by atoms with E-state index in [4.69, 9.17) is 0 Å². The average Bonchev–Trinajstić information content (AvgIpc) is 1.85. The first-order chi connectivity index (χ1) is 5.09. The van der Waals surface area contributed by atoms with Crippen molar-refractivity contribution in [1.82, 2.24) is 4.98 Å². The minimum atomic E-state index is 0.890. The van der Waals surface area contributed by atoms with Crippen LogP contribution in [0, 0.1) is 6.92 Å². The maximum absolute atomic E-state index is 4.28. The first-order valence-electron chi connectivity index (χ1n) is 3.41. The molecule has 1 rings (SSSR count). The van der Waals surface area contributed by atoms with Gasteiger partial charge in [-0.2, -0.15) is 0 Å². The van der Waals surface area contributed by atoms with Crippen LogP contribution in [0.3, 0.4) is 0 Å². The van der Waals surface area contributed by atoms with Crippen LogP contribution in [-0.4, -0.2) is 19.1 Å². The number of hydrogen-bond acceptors (Lipinski definition) is 2. The van der Waals surface area contributed by atoms with Crippen molar-refractivity contribution in [1.29, 1.82) is 0 Å². The number of nitrogens with zero attached hydrogens (tertiary/aromatic N) is 2. The molecule has 0 radical (unpaired) electrons. The summed E-state index contributed by atoms with van der Waals surface area (Å²) in [5, 5.41) is 0. The Labute approximate surface area is 75.4 Å². The van der Waals surface area contributed by atoms with Crippen LogP contribution in [0.4, 0.5) is 5.82 Å². The van der Waals surface area contributed by atoms with Gasteiger partial charge in [-0.3, -0.25) is 0 Å². The number of pyridine rings is 1. The smallest absolute Gasteiger partial charge is 0.129 e. The normalized spacial score (nSPS) is 9.82. The van der Waals surface area contributed by atoms with E-state index in [-0.39, 0.29) is 0 Å². The van der Waals surface area contributed by atoms with Crippen LogP contribution >= 0.6 is 15.9 Å². The van der Waals surface area contributed by atoms with E-state index in [1.165, 1.54) is 5.56 Å². The van der Waals surface area contributed by atoms with Gasteiger partial charge in [-0.25, -0.2) is 4.98 Å². The summed E-state index contributed by atoms with van der Waals surface area (Å²) in [7, 11) is 3.96. The molecule has 0 N–H and O–H groups in total. The molecule has 0 aliphatic rings. The highest BCUT2D eigenvalue weighted by Gasteiger charge is 1.98. The van der Waals surface area contributed by atoms with Gasteiger partial charge in [0.05, 0.1) is 0 Å². The first kappa shape index (κ1) is 8.53. The Hall–Kier alpha value is -0.570. The predicted molar refractivity (Wildman–Crippen MR) is 51.0 cm³/mol. The monoisotopic (exact) mass is 214 g/mol. The second-order valence-electron chi connectivity index (χ2n) is 2.72. The second-order valence-corrected chi connectivity index (χ2v) is 3.53. The van der Waals surface area contributed by atoms with E-state index < -0.39 is 0 Å². The maximum atomic E-state index is 4.28. The summed E-state index contributed by atoms with van der Waals surface area (Å²) in [6, 6.07) is 4.04. The van der Waals surface area contributed by atoms with Crippen LogP contribution in [0.25, 0.3) is 0 Å². The standard InChI is InChI=1S/C8H11BrN2/c1-6-4-7(9)10-8(5-6)11(2)3/h4-5H,1-3H3. The van der Waals surface area contributed by atoms with Gasteiger partial charge in [0.2, 0.25) is 0 Å². The summed E-state index contributed by atoms with van der Waals surface area (Å²) in [6.07, 6.45) is 0. The molecule has 1 aromatic heterocycles. The van der Waals surface area contributed by atoms with E-state index in [1.54, 1.807) is 0 Å². The molecular weight excluding hydrogens is 204 g/mol. The van der Waals surface area contributed by atoms with Crippen molar-refractivity contribution in [2.24, 2.45) is 0 Å². The highest BCUT2D eigenvalue weighted by Crippen LogP contribution is 2.15. The Kier molecular flexibility index (Phi) is 2.49. The van der Waals surface area contributed by atoms with Crippen molar-refractivity contribution in [2.75, 3.05) is 19.0 Å². The SMILES string of the molecule is Cc1cc(Br)nc(N(C)C)c1. The van der Waals surface area contributed by atoms with Crippen LogP contribution in [0.2, 0.25) is 0 Å².